The SMILES string of the molecule is O=C(c1ccc(Cl)cc1Cl)N1CC[C@@H](N2CCOCC2)C1. The van der Waals surface area contributed by atoms with Gasteiger partial charge >= 0.3 is 0 Å². The maximum atomic E-state index is 12.6. The number of likely N-dealkylation sites (tertiary alicyclic amines) is 1. The van der Waals surface area contributed by atoms with Gasteiger partial charge in [0.15, 0.2) is 0 Å². The molecule has 2 aliphatic rings. The lowest BCUT2D eigenvalue weighted by Gasteiger charge is -2.32. The molecule has 1 atom stereocenters. The van der Waals surface area contributed by atoms with Crippen LogP contribution in [0.15, 0.2) is 18.2 Å². The lowest BCUT2D eigenvalue weighted by atomic mass is 10.2. The predicted molar refractivity (Wildman–Crippen MR) is 83.2 cm³/mol. The van der Waals surface area contributed by atoms with Crippen LogP contribution in [0.25, 0.3) is 0 Å². The molecule has 0 unspecified atom stereocenters. The molecular formula is C15H18Cl2N2O2. The largest absolute Gasteiger partial charge is 0.379 e. The first-order valence-electron chi connectivity index (χ1n) is 7.21. The number of ether oxygens (including phenoxy) is 1. The van der Waals surface area contributed by atoms with E-state index in [1.54, 1.807) is 18.2 Å². The molecule has 0 N–H and O–H groups in total. The highest BCUT2D eigenvalue weighted by Crippen LogP contribution is 2.25. The zero-order chi connectivity index (χ0) is 14.8. The molecule has 6 heteroatoms. The molecule has 2 heterocycles. The Labute approximate surface area is 134 Å². The van der Waals surface area contributed by atoms with Crippen LogP contribution in [0.2, 0.25) is 10.0 Å². The summed E-state index contributed by atoms with van der Waals surface area (Å²) in [5.41, 5.74) is 0.531. The third kappa shape index (κ3) is 3.34. The third-order valence-electron chi connectivity index (χ3n) is 4.17. The molecule has 1 aromatic rings. The standard InChI is InChI=1S/C15H18Cl2N2O2/c16-11-1-2-13(14(17)9-11)15(20)19-4-3-12(10-19)18-5-7-21-8-6-18/h1-2,9,12H,3-8,10H2/t12-/m1/s1. The van der Waals surface area contributed by atoms with Crippen molar-refractivity contribution >= 4 is 29.1 Å². The number of halogens is 2. The van der Waals surface area contributed by atoms with Gasteiger partial charge in [0.25, 0.3) is 5.91 Å². The monoisotopic (exact) mass is 328 g/mol. The van der Waals surface area contributed by atoms with E-state index >= 15 is 0 Å². The number of rotatable bonds is 2. The summed E-state index contributed by atoms with van der Waals surface area (Å²) in [4.78, 5) is 16.9. The molecule has 4 nitrogen and oxygen atoms in total. The lowest BCUT2D eigenvalue weighted by molar-refractivity contribution is 0.0185. The van der Waals surface area contributed by atoms with Crippen molar-refractivity contribution < 1.29 is 9.53 Å². The van der Waals surface area contributed by atoms with Gasteiger partial charge in [0, 0.05) is 37.2 Å². The van der Waals surface area contributed by atoms with E-state index in [-0.39, 0.29) is 5.91 Å². The van der Waals surface area contributed by atoms with E-state index in [1.807, 2.05) is 4.90 Å². The van der Waals surface area contributed by atoms with Crippen LogP contribution in [-0.2, 0) is 4.74 Å². The molecule has 0 radical (unpaired) electrons. The Balaban J connectivity index is 1.66. The van der Waals surface area contributed by atoms with E-state index in [2.05, 4.69) is 4.90 Å². The van der Waals surface area contributed by atoms with Gasteiger partial charge in [-0.15, -0.1) is 0 Å². The number of nitrogens with zero attached hydrogens (tertiary/aromatic N) is 2. The quantitative estimate of drug-likeness (QED) is 0.836. The summed E-state index contributed by atoms with van der Waals surface area (Å²) in [6.45, 7) is 5.02. The van der Waals surface area contributed by atoms with Gasteiger partial charge in [0.05, 0.1) is 23.8 Å². The molecule has 0 spiro atoms. The average molecular weight is 329 g/mol. The summed E-state index contributed by atoms with van der Waals surface area (Å²) < 4.78 is 5.38. The highest BCUT2D eigenvalue weighted by molar-refractivity contribution is 6.36. The van der Waals surface area contributed by atoms with Crippen LogP contribution >= 0.6 is 23.2 Å². The zero-order valence-electron chi connectivity index (χ0n) is 11.7. The fourth-order valence-electron chi connectivity index (χ4n) is 3.00. The first kappa shape index (κ1) is 15.1. The number of hydrogen-bond donors (Lipinski definition) is 0. The number of morpholine rings is 1. The molecule has 21 heavy (non-hydrogen) atoms. The number of benzene rings is 1. The average Bonchev–Trinajstić information content (AvgIpc) is 2.97. The molecule has 1 aromatic carbocycles. The normalized spacial score (nSPS) is 23.5. The van der Waals surface area contributed by atoms with Crippen molar-refractivity contribution in [1.82, 2.24) is 9.80 Å². The molecule has 2 saturated heterocycles. The summed E-state index contributed by atoms with van der Waals surface area (Å²) in [7, 11) is 0. The molecule has 0 saturated carbocycles. The van der Waals surface area contributed by atoms with E-state index < -0.39 is 0 Å². The maximum absolute atomic E-state index is 12.6. The molecule has 0 aliphatic carbocycles. The topological polar surface area (TPSA) is 32.8 Å². The predicted octanol–water partition coefficient (Wildman–Crippen LogP) is 2.54. The van der Waals surface area contributed by atoms with Gasteiger partial charge in [-0.3, -0.25) is 9.69 Å². The smallest absolute Gasteiger partial charge is 0.255 e. The van der Waals surface area contributed by atoms with Crippen LogP contribution < -0.4 is 0 Å². The first-order valence-corrected chi connectivity index (χ1v) is 7.97. The lowest BCUT2D eigenvalue weighted by Crippen LogP contribution is -2.45. The Morgan fingerprint density at radius 3 is 2.67 bits per heavy atom. The van der Waals surface area contributed by atoms with Gasteiger partial charge in [-0.05, 0) is 24.6 Å². The molecule has 2 fully saturated rings. The van der Waals surface area contributed by atoms with Crippen molar-refractivity contribution in [3.63, 3.8) is 0 Å². The van der Waals surface area contributed by atoms with Crippen LogP contribution in [-0.4, -0.2) is 61.1 Å². The summed E-state index contributed by atoms with van der Waals surface area (Å²) in [5.74, 6) is -0.00701. The van der Waals surface area contributed by atoms with Crippen molar-refractivity contribution in [2.24, 2.45) is 0 Å². The number of amides is 1. The van der Waals surface area contributed by atoms with E-state index in [0.717, 1.165) is 45.8 Å². The second-order valence-corrected chi connectivity index (χ2v) is 6.31. The van der Waals surface area contributed by atoms with Crippen LogP contribution in [0, 0.1) is 0 Å². The van der Waals surface area contributed by atoms with Gasteiger partial charge in [-0.1, -0.05) is 23.2 Å². The number of carbonyl (C=O) groups is 1. The minimum Gasteiger partial charge on any atom is -0.379 e. The molecule has 0 bridgehead atoms. The second kappa shape index (κ2) is 6.53. The molecule has 114 valence electrons. The van der Waals surface area contributed by atoms with Gasteiger partial charge in [-0.25, -0.2) is 0 Å². The van der Waals surface area contributed by atoms with Crippen molar-refractivity contribution in [3.05, 3.63) is 33.8 Å². The van der Waals surface area contributed by atoms with Crippen LogP contribution in [0.1, 0.15) is 16.8 Å². The van der Waals surface area contributed by atoms with Gasteiger partial charge in [0.2, 0.25) is 0 Å². The van der Waals surface area contributed by atoms with E-state index in [1.165, 1.54) is 0 Å². The van der Waals surface area contributed by atoms with Crippen molar-refractivity contribution in [3.8, 4) is 0 Å². The van der Waals surface area contributed by atoms with Crippen LogP contribution in [0.5, 0.6) is 0 Å². The first-order chi connectivity index (χ1) is 10.1. The Bertz CT molecular complexity index is 532. The highest BCUT2D eigenvalue weighted by Gasteiger charge is 2.32. The Kier molecular flexibility index (Phi) is 4.69. The fraction of sp³-hybridized carbons (Fsp3) is 0.533. The fourth-order valence-corrected chi connectivity index (χ4v) is 3.49. The van der Waals surface area contributed by atoms with Crippen molar-refractivity contribution in [2.45, 2.75) is 12.5 Å². The van der Waals surface area contributed by atoms with E-state index in [9.17, 15) is 4.79 Å². The van der Waals surface area contributed by atoms with Crippen molar-refractivity contribution in [2.75, 3.05) is 39.4 Å². The summed E-state index contributed by atoms with van der Waals surface area (Å²) >= 11 is 12.0. The van der Waals surface area contributed by atoms with E-state index in [0.29, 0.717) is 21.7 Å². The Hall–Kier alpha value is -0.810. The Morgan fingerprint density at radius 1 is 1.19 bits per heavy atom. The second-order valence-electron chi connectivity index (χ2n) is 5.47. The van der Waals surface area contributed by atoms with Gasteiger partial charge in [-0.2, -0.15) is 0 Å². The molecule has 0 aromatic heterocycles. The molecular weight excluding hydrogens is 311 g/mol. The number of carbonyl (C=O) groups excluding carboxylic acids is 1. The maximum Gasteiger partial charge on any atom is 0.255 e. The summed E-state index contributed by atoms with van der Waals surface area (Å²) in [5, 5.41) is 0.964. The summed E-state index contributed by atoms with van der Waals surface area (Å²) in [6.07, 6.45) is 1.01. The van der Waals surface area contributed by atoms with Crippen molar-refractivity contribution in [1.29, 1.82) is 0 Å². The van der Waals surface area contributed by atoms with Crippen LogP contribution in [0.4, 0.5) is 0 Å². The third-order valence-corrected chi connectivity index (χ3v) is 4.72. The molecule has 2 aliphatic heterocycles. The zero-order valence-corrected chi connectivity index (χ0v) is 13.2. The highest BCUT2D eigenvalue weighted by atomic mass is 35.5. The minimum atomic E-state index is -0.00701. The van der Waals surface area contributed by atoms with Gasteiger partial charge in [0.1, 0.15) is 0 Å². The van der Waals surface area contributed by atoms with Gasteiger partial charge < -0.3 is 9.64 Å². The van der Waals surface area contributed by atoms with Crippen LogP contribution in [0.3, 0.4) is 0 Å². The molecule has 1 amide bonds. The Morgan fingerprint density at radius 2 is 1.95 bits per heavy atom. The van der Waals surface area contributed by atoms with E-state index in [4.69, 9.17) is 27.9 Å². The molecule has 3 rings (SSSR count). The summed E-state index contributed by atoms with van der Waals surface area (Å²) in [6, 6.07) is 5.46. The number of hydrogen-bond acceptors (Lipinski definition) is 3. The minimum absolute atomic E-state index is 0.00701.